The molecule has 1 aliphatic heterocycles. The Morgan fingerprint density at radius 1 is 1.10 bits per heavy atom. The van der Waals surface area contributed by atoms with Gasteiger partial charge in [-0.2, -0.15) is 0 Å². The minimum atomic E-state index is -0.563. The van der Waals surface area contributed by atoms with Crippen LogP contribution in [0.3, 0.4) is 0 Å². The Labute approximate surface area is 176 Å². The molecule has 0 saturated carbocycles. The van der Waals surface area contributed by atoms with Crippen molar-refractivity contribution in [2.45, 2.75) is 26.8 Å². The second kappa shape index (κ2) is 9.96. The highest BCUT2D eigenvalue weighted by Crippen LogP contribution is 2.34. The summed E-state index contributed by atoms with van der Waals surface area (Å²) in [5, 5.41) is 2.94. The van der Waals surface area contributed by atoms with Crippen molar-refractivity contribution in [1.82, 2.24) is 5.32 Å². The topological polar surface area (TPSA) is 73.9 Å². The summed E-state index contributed by atoms with van der Waals surface area (Å²) in [7, 11) is 0. The molecular formula is C24H27NO5. The van der Waals surface area contributed by atoms with Crippen LogP contribution in [0.5, 0.6) is 11.5 Å². The number of hydrogen-bond donors (Lipinski definition) is 1. The lowest BCUT2D eigenvalue weighted by atomic mass is 9.95. The standard InChI is InChI=1S/C24H27NO5/c1-16(2)24(19-8-9-20-21(14-19)29-12-11-28-20)25-22(26)15-30-23(27)10-7-18-6-4-5-17(3)13-18/h4-10,13-14,16,24H,11-12,15H2,1-3H3,(H,25,26)/b10-7+/t24-/m1/s1. The number of ether oxygens (including phenoxy) is 3. The number of benzene rings is 2. The van der Waals surface area contributed by atoms with Gasteiger partial charge in [-0.05, 0) is 42.2 Å². The molecule has 6 heteroatoms. The number of aryl methyl sites for hydroxylation is 1. The zero-order valence-electron chi connectivity index (χ0n) is 17.5. The van der Waals surface area contributed by atoms with Crippen molar-refractivity contribution >= 4 is 18.0 Å². The first-order valence-corrected chi connectivity index (χ1v) is 10.0. The van der Waals surface area contributed by atoms with Crippen molar-refractivity contribution in [2.24, 2.45) is 5.92 Å². The lowest BCUT2D eigenvalue weighted by Gasteiger charge is -2.25. The van der Waals surface area contributed by atoms with E-state index >= 15 is 0 Å². The monoisotopic (exact) mass is 409 g/mol. The molecule has 1 N–H and O–H groups in total. The maximum Gasteiger partial charge on any atom is 0.331 e. The SMILES string of the molecule is Cc1cccc(/C=C/C(=O)OCC(=O)N[C@@H](c2ccc3c(c2)OCCO3)C(C)C)c1. The normalized spacial score (nSPS) is 13.9. The summed E-state index contributed by atoms with van der Waals surface area (Å²) >= 11 is 0. The predicted molar refractivity (Wildman–Crippen MR) is 114 cm³/mol. The van der Waals surface area contributed by atoms with Gasteiger partial charge in [0.15, 0.2) is 18.1 Å². The highest BCUT2D eigenvalue weighted by molar-refractivity contribution is 5.89. The van der Waals surface area contributed by atoms with E-state index in [1.54, 1.807) is 6.08 Å². The first-order valence-electron chi connectivity index (χ1n) is 10.0. The van der Waals surface area contributed by atoms with E-state index in [0.29, 0.717) is 24.7 Å². The van der Waals surface area contributed by atoms with Crippen molar-refractivity contribution in [3.8, 4) is 11.5 Å². The molecule has 6 nitrogen and oxygen atoms in total. The number of hydrogen-bond acceptors (Lipinski definition) is 5. The van der Waals surface area contributed by atoms with Gasteiger partial charge in [-0.3, -0.25) is 4.79 Å². The Morgan fingerprint density at radius 3 is 2.60 bits per heavy atom. The van der Waals surface area contributed by atoms with E-state index < -0.39 is 5.97 Å². The van der Waals surface area contributed by atoms with E-state index in [1.807, 2.05) is 63.2 Å². The molecule has 0 aliphatic carbocycles. The Kier molecular flexibility index (Phi) is 7.12. The minimum absolute atomic E-state index is 0.133. The Bertz CT molecular complexity index is 935. The molecule has 3 rings (SSSR count). The van der Waals surface area contributed by atoms with E-state index in [4.69, 9.17) is 14.2 Å². The van der Waals surface area contributed by atoms with Gasteiger partial charge < -0.3 is 19.5 Å². The van der Waals surface area contributed by atoms with Crippen molar-refractivity contribution in [2.75, 3.05) is 19.8 Å². The summed E-state index contributed by atoms with van der Waals surface area (Å²) in [4.78, 5) is 24.3. The van der Waals surface area contributed by atoms with Crippen LogP contribution in [0.2, 0.25) is 0 Å². The molecular weight excluding hydrogens is 382 g/mol. The molecule has 1 aliphatic rings. The maximum absolute atomic E-state index is 12.4. The van der Waals surface area contributed by atoms with Crippen LogP contribution in [0.1, 0.15) is 36.6 Å². The number of carbonyl (C=O) groups is 2. The lowest BCUT2D eigenvalue weighted by Crippen LogP contribution is -2.35. The molecule has 2 aromatic carbocycles. The number of nitrogens with one attached hydrogen (secondary N) is 1. The van der Waals surface area contributed by atoms with Crippen molar-refractivity contribution in [3.05, 3.63) is 65.2 Å². The van der Waals surface area contributed by atoms with Gasteiger partial charge >= 0.3 is 5.97 Å². The minimum Gasteiger partial charge on any atom is -0.486 e. The average molecular weight is 409 g/mol. The average Bonchev–Trinajstić information content (AvgIpc) is 2.74. The Morgan fingerprint density at radius 2 is 1.87 bits per heavy atom. The summed E-state index contributed by atoms with van der Waals surface area (Å²) in [6.45, 7) is 6.69. The van der Waals surface area contributed by atoms with E-state index in [0.717, 1.165) is 16.7 Å². The predicted octanol–water partition coefficient (Wildman–Crippen LogP) is 3.84. The number of amides is 1. The molecule has 30 heavy (non-hydrogen) atoms. The third-order valence-corrected chi connectivity index (χ3v) is 4.71. The van der Waals surface area contributed by atoms with Crippen molar-refractivity contribution in [3.63, 3.8) is 0 Å². The van der Waals surface area contributed by atoms with Crippen LogP contribution in [0.25, 0.3) is 6.08 Å². The zero-order valence-corrected chi connectivity index (χ0v) is 17.5. The molecule has 0 unspecified atom stereocenters. The Hall–Kier alpha value is -3.28. The largest absolute Gasteiger partial charge is 0.486 e. The van der Waals surface area contributed by atoms with E-state index in [-0.39, 0.29) is 24.5 Å². The number of carbonyl (C=O) groups excluding carboxylic acids is 2. The number of fused-ring (bicyclic) bond motifs is 1. The highest BCUT2D eigenvalue weighted by atomic mass is 16.6. The molecule has 0 fully saturated rings. The van der Waals surface area contributed by atoms with Gasteiger partial charge in [-0.1, -0.05) is 49.7 Å². The third kappa shape index (κ3) is 5.86. The third-order valence-electron chi connectivity index (χ3n) is 4.71. The summed E-state index contributed by atoms with van der Waals surface area (Å²) < 4.78 is 16.3. The zero-order chi connectivity index (χ0) is 21.5. The molecule has 2 aromatic rings. The summed E-state index contributed by atoms with van der Waals surface area (Å²) in [6, 6.07) is 13.1. The maximum atomic E-state index is 12.4. The number of rotatable bonds is 7. The summed E-state index contributed by atoms with van der Waals surface area (Å²) in [5.74, 6) is 0.584. The molecule has 158 valence electrons. The van der Waals surface area contributed by atoms with Gasteiger partial charge in [0, 0.05) is 6.08 Å². The molecule has 1 heterocycles. The van der Waals surface area contributed by atoms with Crippen LogP contribution in [0.15, 0.2) is 48.5 Å². The van der Waals surface area contributed by atoms with Gasteiger partial charge in [0.05, 0.1) is 6.04 Å². The summed E-state index contributed by atoms with van der Waals surface area (Å²) in [6.07, 6.45) is 2.99. The van der Waals surface area contributed by atoms with Crippen LogP contribution in [-0.2, 0) is 14.3 Å². The second-order valence-electron chi connectivity index (χ2n) is 7.55. The van der Waals surface area contributed by atoms with Gasteiger partial charge in [0.25, 0.3) is 5.91 Å². The van der Waals surface area contributed by atoms with Crippen LogP contribution < -0.4 is 14.8 Å². The molecule has 0 saturated heterocycles. The van der Waals surface area contributed by atoms with Crippen LogP contribution in [-0.4, -0.2) is 31.7 Å². The van der Waals surface area contributed by atoms with Gasteiger partial charge in [0.2, 0.25) is 0 Å². The second-order valence-corrected chi connectivity index (χ2v) is 7.55. The van der Waals surface area contributed by atoms with Gasteiger partial charge in [-0.15, -0.1) is 0 Å². The van der Waals surface area contributed by atoms with Crippen molar-refractivity contribution < 1.29 is 23.8 Å². The molecule has 0 spiro atoms. The molecule has 0 bridgehead atoms. The molecule has 0 radical (unpaired) electrons. The van der Waals surface area contributed by atoms with E-state index in [2.05, 4.69) is 5.32 Å². The van der Waals surface area contributed by atoms with Crippen LogP contribution in [0.4, 0.5) is 0 Å². The molecule has 1 atom stereocenters. The fraction of sp³-hybridized carbons (Fsp3) is 0.333. The number of esters is 1. The Balaban J connectivity index is 1.56. The molecule has 0 aromatic heterocycles. The fourth-order valence-corrected chi connectivity index (χ4v) is 3.23. The van der Waals surface area contributed by atoms with Gasteiger partial charge in [-0.25, -0.2) is 4.79 Å². The fourth-order valence-electron chi connectivity index (χ4n) is 3.23. The first kappa shape index (κ1) is 21.4. The molecule has 1 amide bonds. The van der Waals surface area contributed by atoms with Crippen LogP contribution in [0, 0.1) is 12.8 Å². The first-order chi connectivity index (χ1) is 14.4. The smallest absolute Gasteiger partial charge is 0.331 e. The van der Waals surface area contributed by atoms with E-state index in [1.165, 1.54) is 6.08 Å². The highest BCUT2D eigenvalue weighted by Gasteiger charge is 2.21. The quantitative estimate of drug-likeness (QED) is 0.556. The lowest BCUT2D eigenvalue weighted by molar-refractivity contribution is -0.144. The van der Waals surface area contributed by atoms with Crippen LogP contribution >= 0.6 is 0 Å². The van der Waals surface area contributed by atoms with Gasteiger partial charge in [0.1, 0.15) is 13.2 Å². The van der Waals surface area contributed by atoms with Crippen molar-refractivity contribution in [1.29, 1.82) is 0 Å². The summed E-state index contributed by atoms with van der Waals surface area (Å²) in [5.41, 5.74) is 2.91. The van der Waals surface area contributed by atoms with E-state index in [9.17, 15) is 9.59 Å².